The Morgan fingerprint density at radius 3 is 2.80 bits per heavy atom. The van der Waals surface area contributed by atoms with E-state index in [0.29, 0.717) is 18.1 Å². The Morgan fingerprint density at radius 1 is 1.40 bits per heavy atom. The van der Waals surface area contributed by atoms with Gasteiger partial charge < -0.3 is 10.5 Å². The standard InChI is InChI=1S/C15H20FN3O/c1-3-14-13(8-5-9-17)15(20-2)19(18-14)12-7-4-6-11(16)10-12/h4,6-7,10H,3,5,8-9,17H2,1-2H3. The number of methoxy groups -OCH3 is 1. The van der Waals surface area contributed by atoms with Gasteiger partial charge in [0.1, 0.15) is 5.82 Å². The molecule has 1 heterocycles. The van der Waals surface area contributed by atoms with Gasteiger partial charge in [-0.3, -0.25) is 0 Å². The molecule has 5 heteroatoms. The molecule has 0 radical (unpaired) electrons. The van der Waals surface area contributed by atoms with E-state index in [1.165, 1.54) is 12.1 Å². The highest BCUT2D eigenvalue weighted by Crippen LogP contribution is 2.27. The molecule has 4 nitrogen and oxygen atoms in total. The van der Waals surface area contributed by atoms with E-state index < -0.39 is 0 Å². The second kappa shape index (κ2) is 6.52. The smallest absolute Gasteiger partial charge is 0.219 e. The Labute approximate surface area is 118 Å². The summed E-state index contributed by atoms with van der Waals surface area (Å²) in [5.74, 6) is 0.377. The van der Waals surface area contributed by atoms with Crippen LogP contribution in [0.5, 0.6) is 5.88 Å². The summed E-state index contributed by atoms with van der Waals surface area (Å²) in [6, 6.07) is 6.33. The molecule has 2 N–H and O–H groups in total. The van der Waals surface area contributed by atoms with Crippen LogP contribution >= 0.6 is 0 Å². The maximum absolute atomic E-state index is 13.4. The van der Waals surface area contributed by atoms with Crippen molar-refractivity contribution in [2.75, 3.05) is 13.7 Å². The van der Waals surface area contributed by atoms with E-state index >= 15 is 0 Å². The summed E-state index contributed by atoms with van der Waals surface area (Å²) in [4.78, 5) is 0. The molecule has 0 amide bonds. The second-order valence-corrected chi connectivity index (χ2v) is 4.57. The maximum Gasteiger partial charge on any atom is 0.219 e. The van der Waals surface area contributed by atoms with Crippen molar-refractivity contribution in [3.05, 3.63) is 41.3 Å². The zero-order chi connectivity index (χ0) is 14.5. The van der Waals surface area contributed by atoms with Crippen molar-refractivity contribution in [1.29, 1.82) is 0 Å². The van der Waals surface area contributed by atoms with Gasteiger partial charge in [0.15, 0.2) is 0 Å². The minimum atomic E-state index is -0.290. The fourth-order valence-corrected chi connectivity index (χ4v) is 2.28. The molecule has 0 spiro atoms. The molecular formula is C15H20FN3O. The lowest BCUT2D eigenvalue weighted by Crippen LogP contribution is -2.03. The van der Waals surface area contributed by atoms with E-state index in [-0.39, 0.29) is 5.82 Å². The normalized spacial score (nSPS) is 10.8. The number of hydrogen-bond donors (Lipinski definition) is 1. The van der Waals surface area contributed by atoms with E-state index in [2.05, 4.69) is 5.10 Å². The number of benzene rings is 1. The van der Waals surface area contributed by atoms with Gasteiger partial charge in [0.2, 0.25) is 5.88 Å². The Bertz CT molecular complexity index is 580. The minimum absolute atomic E-state index is 0.290. The molecule has 0 saturated carbocycles. The molecule has 0 atom stereocenters. The Balaban J connectivity index is 2.50. The molecule has 108 valence electrons. The first-order valence-electron chi connectivity index (χ1n) is 6.82. The van der Waals surface area contributed by atoms with Crippen molar-refractivity contribution in [1.82, 2.24) is 9.78 Å². The molecule has 0 bridgehead atoms. The van der Waals surface area contributed by atoms with Crippen molar-refractivity contribution >= 4 is 0 Å². The van der Waals surface area contributed by atoms with Gasteiger partial charge in [0.05, 0.1) is 18.5 Å². The van der Waals surface area contributed by atoms with Crippen molar-refractivity contribution < 1.29 is 9.13 Å². The number of rotatable bonds is 6. The van der Waals surface area contributed by atoms with Crippen LogP contribution in [-0.4, -0.2) is 23.4 Å². The topological polar surface area (TPSA) is 53.1 Å². The van der Waals surface area contributed by atoms with Crippen LogP contribution in [0.15, 0.2) is 24.3 Å². The summed E-state index contributed by atoms with van der Waals surface area (Å²) in [6.45, 7) is 2.67. The van der Waals surface area contributed by atoms with Gasteiger partial charge in [-0.05, 0) is 44.0 Å². The number of ether oxygens (including phenoxy) is 1. The van der Waals surface area contributed by atoms with Gasteiger partial charge in [-0.25, -0.2) is 9.07 Å². The first-order valence-corrected chi connectivity index (χ1v) is 6.82. The first kappa shape index (κ1) is 14.5. The number of aryl methyl sites for hydroxylation is 1. The van der Waals surface area contributed by atoms with Crippen LogP contribution < -0.4 is 10.5 Å². The van der Waals surface area contributed by atoms with Gasteiger partial charge in [-0.15, -0.1) is 0 Å². The summed E-state index contributed by atoms with van der Waals surface area (Å²) in [5, 5.41) is 4.55. The van der Waals surface area contributed by atoms with E-state index in [1.807, 2.05) is 13.0 Å². The summed E-state index contributed by atoms with van der Waals surface area (Å²) in [7, 11) is 1.61. The molecule has 20 heavy (non-hydrogen) atoms. The lowest BCUT2D eigenvalue weighted by atomic mass is 10.1. The molecule has 0 fully saturated rings. The highest BCUT2D eigenvalue weighted by molar-refractivity contribution is 5.41. The summed E-state index contributed by atoms with van der Waals surface area (Å²) in [6.07, 6.45) is 2.49. The van der Waals surface area contributed by atoms with Crippen LogP contribution in [0.25, 0.3) is 5.69 Å². The van der Waals surface area contributed by atoms with Gasteiger partial charge in [0, 0.05) is 5.56 Å². The average molecular weight is 277 g/mol. The van der Waals surface area contributed by atoms with Crippen LogP contribution in [0.2, 0.25) is 0 Å². The monoisotopic (exact) mass is 277 g/mol. The lowest BCUT2D eigenvalue weighted by Gasteiger charge is -2.08. The van der Waals surface area contributed by atoms with Crippen LogP contribution in [0.1, 0.15) is 24.6 Å². The molecule has 0 saturated heterocycles. The summed E-state index contributed by atoms with van der Waals surface area (Å²) >= 11 is 0. The number of nitrogens with zero attached hydrogens (tertiary/aromatic N) is 2. The molecule has 1 aromatic carbocycles. The first-order chi connectivity index (χ1) is 9.71. The average Bonchev–Trinajstić information content (AvgIpc) is 2.82. The maximum atomic E-state index is 13.4. The van der Waals surface area contributed by atoms with Crippen molar-refractivity contribution in [2.24, 2.45) is 5.73 Å². The zero-order valence-electron chi connectivity index (χ0n) is 11.9. The predicted molar refractivity (Wildman–Crippen MR) is 76.8 cm³/mol. The third kappa shape index (κ3) is 2.82. The van der Waals surface area contributed by atoms with Gasteiger partial charge in [-0.2, -0.15) is 5.10 Å². The minimum Gasteiger partial charge on any atom is -0.481 e. The summed E-state index contributed by atoms with van der Waals surface area (Å²) < 4.78 is 20.5. The van der Waals surface area contributed by atoms with Gasteiger partial charge >= 0.3 is 0 Å². The molecule has 2 aromatic rings. The number of nitrogens with two attached hydrogens (primary N) is 1. The zero-order valence-corrected chi connectivity index (χ0v) is 11.9. The van der Waals surface area contributed by atoms with Crippen molar-refractivity contribution in [3.63, 3.8) is 0 Å². The van der Waals surface area contributed by atoms with E-state index in [1.54, 1.807) is 17.9 Å². The van der Waals surface area contributed by atoms with E-state index in [4.69, 9.17) is 10.5 Å². The van der Waals surface area contributed by atoms with Crippen LogP contribution in [0.3, 0.4) is 0 Å². The van der Waals surface area contributed by atoms with Crippen LogP contribution in [-0.2, 0) is 12.8 Å². The van der Waals surface area contributed by atoms with Gasteiger partial charge in [-0.1, -0.05) is 13.0 Å². The highest BCUT2D eigenvalue weighted by Gasteiger charge is 2.18. The number of hydrogen-bond acceptors (Lipinski definition) is 3. The molecule has 0 aliphatic rings. The van der Waals surface area contributed by atoms with E-state index in [9.17, 15) is 4.39 Å². The molecule has 1 aromatic heterocycles. The number of halogens is 1. The molecular weight excluding hydrogens is 257 g/mol. The highest BCUT2D eigenvalue weighted by atomic mass is 19.1. The van der Waals surface area contributed by atoms with Crippen LogP contribution in [0, 0.1) is 5.82 Å². The Hall–Kier alpha value is -1.88. The molecule has 0 unspecified atom stereocenters. The fourth-order valence-electron chi connectivity index (χ4n) is 2.28. The lowest BCUT2D eigenvalue weighted by molar-refractivity contribution is 0.379. The Kier molecular flexibility index (Phi) is 4.74. The number of aromatic nitrogens is 2. The predicted octanol–water partition coefficient (Wildman–Crippen LogP) is 2.47. The molecule has 2 rings (SSSR count). The Morgan fingerprint density at radius 2 is 2.20 bits per heavy atom. The second-order valence-electron chi connectivity index (χ2n) is 4.57. The SMILES string of the molecule is CCc1nn(-c2cccc(F)c2)c(OC)c1CCCN. The fraction of sp³-hybridized carbons (Fsp3) is 0.400. The molecule has 0 aliphatic heterocycles. The summed E-state index contributed by atoms with van der Waals surface area (Å²) in [5.41, 5.74) is 8.27. The van der Waals surface area contributed by atoms with Crippen molar-refractivity contribution in [2.45, 2.75) is 26.2 Å². The molecule has 0 aliphatic carbocycles. The quantitative estimate of drug-likeness (QED) is 0.882. The van der Waals surface area contributed by atoms with E-state index in [0.717, 1.165) is 30.5 Å². The third-order valence-corrected chi connectivity index (χ3v) is 3.23. The third-order valence-electron chi connectivity index (χ3n) is 3.23. The van der Waals surface area contributed by atoms with Crippen molar-refractivity contribution in [3.8, 4) is 11.6 Å². The van der Waals surface area contributed by atoms with Gasteiger partial charge in [0.25, 0.3) is 0 Å². The van der Waals surface area contributed by atoms with Crippen LogP contribution in [0.4, 0.5) is 4.39 Å². The largest absolute Gasteiger partial charge is 0.481 e.